The Morgan fingerprint density at radius 3 is 2.38 bits per heavy atom. The Hall–Kier alpha value is -2.34. The van der Waals surface area contributed by atoms with Crippen LogP contribution in [0.15, 0.2) is 29.1 Å². The summed E-state index contributed by atoms with van der Waals surface area (Å²) in [4.78, 5) is 22.6. The predicted molar refractivity (Wildman–Crippen MR) is 116 cm³/mol. The molecule has 1 aliphatic carbocycles. The van der Waals surface area contributed by atoms with Gasteiger partial charge >= 0.3 is 0 Å². The number of aryl methyl sites for hydroxylation is 1. The lowest BCUT2D eigenvalue weighted by atomic mass is 10.1. The van der Waals surface area contributed by atoms with E-state index >= 15 is 0 Å². The molecule has 0 spiro atoms. The third kappa shape index (κ3) is 4.04. The molecule has 156 valence electrons. The van der Waals surface area contributed by atoms with Crippen LogP contribution in [0, 0.1) is 13.8 Å². The molecule has 29 heavy (non-hydrogen) atoms. The second kappa shape index (κ2) is 8.57. The monoisotopic (exact) mass is 396 g/mol. The van der Waals surface area contributed by atoms with Crippen molar-refractivity contribution in [2.45, 2.75) is 72.0 Å². The van der Waals surface area contributed by atoms with Gasteiger partial charge in [-0.2, -0.15) is 0 Å². The van der Waals surface area contributed by atoms with Gasteiger partial charge in [-0.3, -0.25) is 19.2 Å². The fourth-order valence-corrected chi connectivity index (χ4v) is 4.49. The summed E-state index contributed by atoms with van der Waals surface area (Å²) in [5, 5.41) is 0. The van der Waals surface area contributed by atoms with Crippen molar-refractivity contribution in [2.75, 3.05) is 18.2 Å². The van der Waals surface area contributed by atoms with E-state index in [1.54, 1.807) is 0 Å². The largest absolute Gasteiger partial charge is 0.494 e. The van der Waals surface area contributed by atoms with Gasteiger partial charge < -0.3 is 4.74 Å². The van der Waals surface area contributed by atoms with Crippen molar-refractivity contribution in [1.82, 2.24) is 14.5 Å². The summed E-state index contributed by atoms with van der Waals surface area (Å²) < 4.78 is 7.46. The van der Waals surface area contributed by atoms with Gasteiger partial charge in [0.2, 0.25) is 5.95 Å². The Morgan fingerprint density at radius 1 is 1.03 bits per heavy atom. The summed E-state index contributed by atoms with van der Waals surface area (Å²) in [5.41, 5.74) is 2.65. The maximum atomic E-state index is 13.1. The van der Waals surface area contributed by atoms with E-state index in [9.17, 15) is 4.79 Å². The molecule has 0 saturated heterocycles. The highest BCUT2D eigenvalue weighted by molar-refractivity contribution is 5.59. The van der Waals surface area contributed by atoms with E-state index in [1.165, 1.54) is 38.5 Å². The quantitative estimate of drug-likeness (QED) is 0.719. The minimum absolute atomic E-state index is 0.0711. The summed E-state index contributed by atoms with van der Waals surface area (Å²) in [7, 11) is 0. The highest BCUT2D eigenvalue weighted by atomic mass is 16.5. The average molecular weight is 397 g/mol. The van der Waals surface area contributed by atoms with Gasteiger partial charge in [0.25, 0.3) is 5.56 Å². The number of nitrogens with zero attached hydrogens (tertiary/aromatic N) is 4. The Kier molecular flexibility index (Phi) is 5.90. The lowest BCUT2D eigenvalue weighted by molar-refractivity contribution is 0.123. The number of fused-ring (bicyclic) bond motifs is 1. The molecule has 0 unspecified atom stereocenters. The second-order valence-corrected chi connectivity index (χ2v) is 8.23. The zero-order valence-electron chi connectivity index (χ0n) is 17.9. The Morgan fingerprint density at radius 2 is 1.72 bits per heavy atom. The first kappa shape index (κ1) is 20.0. The van der Waals surface area contributed by atoms with Gasteiger partial charge in [0.1, 0.15) is 5.75 Å². The van der Waals surface area contributed by atoms with E-state index in [0.717, 1.165) is 35.3 Å². The van der Waals surface area contributed by atoms with Crippen molar-refractivity contribution >= 4 is 11.6 Å². The van der Waals surface area contributed by atoms with Crippen LogP contribution >= 0.6 is 0 Å². The van der Waals surface area contributed by atoms with Crippen molar-refractivity contribution in [3.05, 3.63) is 45.9 Å². The normalized spacial score (nSPS) is 18.4. The number of ether oxygens (including phenoxy) is 1. The zero-order chi connectivity index (χ0) is 20.4. The number of rotatable bonds is 4. The standard InChI is InChI=1S/C23H32N4O2/c1-4-29-21-13-11-20(12-14-21)26-15-25(19-9-7-5-6-8-10-19)16-27-22(28)17(2)18(3)24-23(26)27/h11-14,19H,4-10,15-16H2,1-3H3. The SMILES string of the molecule is CCOc1ccc(N2CN(C3CCCCCC3)Cn3c2nc(C)c(C)c3=O)cc1. The minimum atomic E-state index is 0.0711. The molecule has 0 radical (unpaired) electrons. The van der Waals surface area contributed by atoms with Crippen LogP contribution in [0.5, 0.6) is 5.75 Å². The number of anilines is 2. The lowest BCUT2D eigenvalue weighted by Gasteiger charge is -2.42. The van der Waals surface area contributed by atoms with E-state index in [-0.39, 0.29) is 5.56 Å². The molecule has 4 rings (SSSR count). The maximum Gasteiger partial charge on any atom is 0.259 e. The summed E-state index contributed by atoms with van der Waals surface area (Å²) in [6.07, 6.45) is 7.61. The van der Waals surface area contributed by atoms with Gasteiger partial charge in [0, 0.05) is 23.0 Å². The Balaban J connectivity index is 1.73. The Bertz CT molecular complexity index is 898. The van der Waals surface area contributed by atoms with Crippen molar-refractivity contribution in [1.29, 1.82) is 0 Å². The van der Waals surface area contributed by atoms with Crippen LogP contribution in [-0.2, 0) is 6.67 Å². The van der Waals surface area contributed by atoms with E-state index in [4.69, 9.17) is 9.72 Å². The molecule has 0 bridgehead atoms. The van der Waals surface area contributed by atoms with Crippen molar-refractivity contribution in [3.63, 3.8) is 0 Å². The van der Waals surface area contributed by atoms with Crippen molar-refractivity contribution in [2.24, 2.45) is 0 Å². The summed E-state index contributed by atoms with van der Waals surface area (Å²) in [6.45, 7) is 7.82. The van der Waals surface area contributed by atoms with Crippen LogP contribution < -0.4 is 15.2 Å². The fourth-order valence-electron chi connectivity index (χ4n) is 4.49. The zero-order valence-corrected chi connectivity index (χ0v) is 17.9. The highest BCUT2D eigenvalue weighted by Crippen LogP contribution is 2.32. The molecule has 6 nitrogen and oxygen atoms in total. The van der Waals surface area contributed by atoms with Crippen LogP contribution in [0.3, 0.4) is 0 Å². The molecule has 1 fully saturated rings. The first-order valence-corrected chi connectivity index (χ1v) is 10.9. The molecular weight excluding hydrogens is 364 g/mol. The molecular formula is C23H32N4O2. The number of aromatic nitrogens is 2. The number of hydrogen-bond acceptors (Lipinski definition) is 5. The van der Waals surface area contributed by atoms with Gasteiger partial charge in [-0.25, -0.2) is 4.98 Å². The molecule has 0 atom stereocenters. The molecule has 1 aromatic heterocycles. The topological polar surface area (TPSA) is 50.6 Å². The van der Waals surface area contributed by atoms with Gasteiger partial charge in [-0.05, 0) is 57.9 Å². The van der Waals surface area contributed by atoms with Gasteiger partial charge in [0.05, 0.1) is 19.9 Å². The van der Waals surface area contributed by atoms with E-state index < -0.39 is 0 Å². The number of hydrogen-bond donors (Lipinski definition) is 0. The van der Waals surface area contributed by atoms with Crippen LogP contribution in [-0.4, -0.2) is 33.8 Å². The molecule has 2 aromatic rings. The molecule has 1 saturated carbocycles. The second-order valence-electron chi connectivity index (χ2n) is 8.23. The van der Waals surface area contributed by atoms with E-state index in [1.807, 2.05) is 37.5 Å². The lowest BCUT2D eigenvalue weighted by Crippen LogP contribution is -2.51. The Labute approximate surface area is 173 Å². The molecule has 1 aromatic carbocycles. The van der Waals surface area contributed by atoms with Crippen LogP contribution in [0.1, 0.15) is 56.7 Å². The summed E-state index contributed by atoms with van der Waals surface area (Å²) in [5.74, 6) is 1.60. The molecule has 6 heteroatoms. The fraction of sp³-hybridized carbons (Fsp3) is 0.565. The van der Waals surface area contributed by atoms with Gasteiger partial charge in [-0.1, -0.05) is 25.7 Å². The summed E-state index contributed by atoms with van der Waals surface area (Å²) >= 11 is 0. The molecule has 2 heterocycles. The van der Waals surface area contributed by atoms with Gasteiger partial charge in [-0.15, -0.1) is 0 Å². The third-order valence-corrected chi connectivity index (χ3v) is 6.31. The highest BCUT2D eigenvalue weighted by Gasteiger charge is 2.31. The first-order valence-electron chi connectivity index (χ1n) is 10.9. The third-order valence-electron chi connectivity index (χ3n) is 6.31. The van der Waals surface area contributed by atoms with Crippen molar-refractivity contribution in [3.8, 4) is 5.75 Å². The van der Waals surface area contributed by atoms with E-state index in [2.05, 4.69) is 21.9 Å². The van der Waals surface area contributed by atoms with E-state index in [0.29, 0.717) is 19.3 Å². The maximum absolute atomic E-state index is 13.1. The van der Waals surface area contributed by atoms with Crippen LogP contribution in [0.4, 0.5) is 11.6 Å². The molecule has 2 aliphatic rings. The average Bonchev–Trinajstić information content (AvgIpc) is 3.02. The van der Waals surface area contributed by atoms with Crippen molar-refractivity contribution < 1.29 is 4.74 Å². The first-order chi connectivity index (χ1) is 14.1. The molecule has 0 N–H and O–H groups in total. The van der Waals surface area contributed by atoms with Crippen LogP contribution in [0.2, 0.25) is 0 Å². The van der Waals surface area contributed by atoms with Crippen LogP contribution in [0.25, 0.3) is 0 Å². The summed E-state index contributed by atoms with van der Waals surface area (Å²) in [6, 6.07) is 8.63. The molecule has 1 aliphatic heterocycles. The van der Waals surface area contributed by atoms with Gasteiger partial charge in [0.15, 0.2) is 0 Å². The molecule has 0 amide bonds. The predicted octanol–water partition coefficient (Wildman–Crippen LogP) is 4.35. The number of benzene rings is 1. The smallest absolute Gasteiger partial charge is 0.259 e. The minimum Gasteiger partial charge on any atom is -0.494 e.